The summed E-state index contributed by atoms with van der Waals surface area (Å²) in [5.41, 5.74) is -1.08. The van der Waals surface area contributed by atoms with Crippen molar-refractivity contribution in [2.24, 2.45) is 0 Å². The van der Waals surface area contributed by atoms with Gasteiger partial charge in [0.05, 0.1) is 12.7 Å². The van der Waals surface area contributed by atoms with E-state index in [1.807, 2.05) is 0 Å². The van der Waals surface area contributed by atoms with Crippen LogP contribution in [-0.2, 0) is 14.2 Å². The Morgan fingerprint density at radius 1 is 1.48 bits per heavy atom. The molecule has 1 saturated heterocycles. The number of nitrogens with zero attached hydrogens (tertiary/aromatic N) is 1. The maximum Gasteiger partial charge on any atom is 0.330 e. The summed E-state index contributed by atoms with van der Waals surface area (Å²) >= 11 is 0. The summed E-state index contributed by atoms with van der Waals surface area (Å²) in [6.45, 7) is 0.195. The number of aromatic amines is 1. The lowest BCUT2D eigenvalue weighted by Crippen LogP contribution is -2.39. The smallest absolute Gasteiger partial charge is 0.330 e. The van der Waals surface area contributed by atoms with Gasteiger partial charge in [-0.1, -0.05) is 0 Å². The van der Waals surface area contributed by atoms with Gasteiger partial charge in [0.1, 0.15) is 18.3 Å². The second-order valence-electron chi connectivity index (χ2n) is 5.33. The first-order chi connectivity index (χ1) is 10.1. The molecular formula is C13H18N2O6. The van der Waals surface area contributed by atoms with E-state index in [2.05, 4.69) is 4.98 Å². The molecule has 1 saturated carbocycles. The van der Waals surface area contributed by atoms with Crippen LogP contribution in [0.3, 0.4) is 0 Å². The molecule has 1 aliphatic heterocycles. The van der Waals surface area contributed by atoms with Gasteiger partial charge in [-0.05, 0) is 12.8 Å². The van der Waals surface area contributed by atoms with Gasteiger partial charge in [0.2, 0.25) is 0 Å². The van der Waals surface area contributed by atoms with E-state index in [0.29, 0.717) is 0 Å². The molecule has 4 atom stereocenters. The van der Waals surface area contributed by atoms with Crippen LogP contribution in [0, 0.1) is 0 Å². The maximum atomic E-state index is 11.9. The van der Waals surface area contributed by atoms with Crippen molar-refractivity contribution in [1.29, 1.82) is 0 Å². The van der Waals surface area contributed by atoms with Gasteiger partial charge < -0.3 is 19.3 Å². The van der Waals surface area contributed by atoms with E-state index in [0.717, 1.165) is 12.8 Å². The zero-order valence-corrected chi connectivity index (χ0v) is 11.6. The molecule has 0 spiro atoms. The fourth-order valence-corrected chi connectivity index (χ4v) is 2.45. The van der Waals surface area contributed by atoms with E-state index < -0.39 is 35.8 Å². The number of nitrogens with one attached hydrogen (secondary N) is 1. The molecule has 8 nitrogen and oxygen atoms in total. The number of ether oxygens (including phenoxy) is 3. The summed E-state index contributed by atoms with van der Waals surface area (Å²) in [5, 5.41) is 10.3. The lowest BCUT2D eigenvalue weighted by atomic mass is 10.1. The molecule has 2 aliphatic rings. The lowest BCUT2D eigenvalue weighted by molar-refractivity contribution is -0.0812. The van der Waals surface area contributed by atoms with Crippen LogP contribution < -0.4 is 11.2 Å². The first-order valence-electron chi connectivity index (χ1n) is 6.89. The van der Waals surface area contributed by atoms with Gasteiger partial charge >= 0.3 is 5.69 Å². The number of methoxy groups -OCH3 is 1. The second-order valence-corrected chi connectivity index (χ2v) is 5.33. The Balaban J connectivity index is 1.89. The van der Waals surface area contributed by atoms with Crippen molar-refractivity contribution in [2.45, 2.75) is 43.5 Å². The highest BCUT2D eigenvalue weighted by Gasteiger charge is 2.48. The van der Waals surface area contributed by atoms with Crippen LogP contribution in [0.5, 0.6) is 0 Å². The van der Waals surface area contributed by atoms with Crippen LogP contribution in [0.1, 0.15) is 19.1 Å². The Kier molecular flexibility index (Phi) is 3.94. The van der Waals surface area contributed by atoms with Gasteiger partial charge in [-0.25, -0.2) is 4.79 Å². The third-order valence-electron chi connectivity index (χ3n) is 3.64. The average Bonchev–Trinajstić information content (AvgIpc) is 3.20. The largest absolute Gasteiger partial charge is 0.387 e. The minimum absolute atomic E-state index is 0.0931. The molecule has 0 unspecified atom stereocenters. The molecule has 1 aromatic heterocycles. The highest BCUT2D eigenvalue weighted by atomic mass is 16.6. The number of H-pyrrole nitrogens is 1. The van der Waals surface area contributed by atoms with E-state index in [9.17, 15) is 14.7 Å². The number of rotatable bonds is 5. The molecule has 21 heavy (non-hydrogen) atoms. The number of aliphatic hydroxyl groups excluding tert-OH is 1. The first kappa shape index (κ1) is 14.5. The van der Waals surface area contributed by atoms with Crippen LogP contribution in [0.15, 0.2) is 21.9 Å². The van der Waals surface area contributed by atoms with E-state index >= 15 is 0 Å². The standard InChI is InChI=1S/C13H18N2O6/c1-19-6-8-10(17)11(20-7-2-3-7)12(21-8)15-5-4-9(16)14-13(15)18/h4-5,7-8,10-12,17H,2-3,6H2,1H3,(H,14,16,18)/t8-,10-,11-,12-/m1/s1. The second kappa shape index (κ2) is 5.72. The van der Waals surface area contributed by atoms with Gasteiger partial charge in [0, 0.05) is 19.4 Å². The first-order valence-corrected chi connectivity index (χ1v) is 6.89. The van der Waals surface area contributed by atoms with Crippen molar-refractivity contribution in [3.05, 3.63) is 33.1 Å². The monoisotopic (exact) mass is 298 g/mol. The quantitative estimate of drug-likeness (QED) is 0.722. The lowest BCUT2D eigenvalue weighted by Gasteiger charge is -2.22. The van der Waals surface area contributed by atoms with E-state index in [-0.39, 0.29) is 12.7 Å². The molecule has 0 aromatic carbocycles. The van der Waals surface area contributed by atoms with Gasteiger partial charge in [-0.3, -0.25) is 14.3 Å². The van der Waals surface area contributed by atoms with Gasteiger partial charge in [-0.15, -0.1) is 0 Å². The Morgan fingerprint density at radius 3 is 2.86 bits per heavy atom. The van der Waals surface area contributed by atoms with Gasteiger partial charge in [-0.2, -0.15) is 0 Å². The molecule has 2 heterocycles. The number of aromatic nitrogens is 2. The fraction of sp³-hybridized carbons (Fsp3) is 0.692. The van der Waals surface area contributed by atoms with Crippen LogP contribution in [0.25, 0.3) is 0 Å². The van der Waals surface area contributed by atoms with E-state index in [1.165, 1.54) is 23.9 Å². The average molecular weight is 298 g/mol. The SMILES string of the molecule is COC[C@H]1O[C@@H](n2ccc(=O)[nH]c2=O)[C@H](OC2CC2)[C@@H]1O. The Morgan fingerprint density at radius 2 is 2.24 bits per heavy atom. The Hall–Kier alpha value is -1.48. The van der Waals surface area contributed by atoms with Crippen molar-refractivity contribution in [2.75, 3.05) is 13.7 Å². The molecular weight excluding hydrogens is 280 g/mol. The predicted octanol–water partition coefficient (Wildman–Crippen LogP) is -1.01. The topological polar surface area (TPSA) is 103 Å². The third kappa shape index (κ3) is 2.93. The molecule has 0 amide bonds. The molecule has 3 rings (SSSR count). The molecule has 0 radical (unpaired) electrons. The molecule has 1 aliphatic carbocycles. The highest BCUT2D eigenvalue weighted by molar-refractivity contribution is 4.95. The summed E-state index contributed by atoms with van der Waals surface area (Å²) in [5.74, 6) is 0. The minimum Gasteiger partial charge on any atom is -0.387 e. The van der Waals surface area contributed by atoms with Crippen molar-refractivity contribution in [3.63, 3.8) is 0 Å². The molecule has 0 bridgehead atoms. The summed E-state index contributed by atoms with van der Waals surface area (Å²) < 4.78 is 17.7. The molecule has 8 heteroatoms. The van der Waals surface area contributed by atoms with Crippen LogP contribution in [-0.4, -0.2) is 52.8 Å². The Labute approximate surface area is 120 Å². The van der Waals surface area contributed by atoms with Crippen LogP contribution >= 0.6 is 0 Å². The zero-order chi connectivity index (χ0) is 15.0. The van der Waals surface area contributed by atoms with Crippen molar-refractivity contribution in [3.8, 4) is 0 Å². The van der Waals surface area contributed by atoms with Crippen LogP contribution in [0.2, 0.25) is 0 Å². The summed E-state index contributed by atoms with van der Waals surface area (Å²) in [6, 6.07) is 1.23. The number of aliphatic hydroxyl groups is 1. The van der Waals surface area contributed by atoms with Gasteiger partial charge in [0.25, 0.3) is 5.56 Å². The highest BCUT2D eigenvalue weighted by Crippen LogP contribution is 2.36. The summed E-state index contributed by atoms with van der Waals surface area (Å²) in [4.78, 5) is 25.2. The fourth-order valence-electron chi connectivity index (χ4n) is 2.45. The van der Waals surface area contributed by atoms with E-state index in [4.69, 9.17) is 14.2 Å². The van der Waals surface area contributed by atoms with Crippen molar-refractivity contribution < 1.29 is 19.3 Å². The third-order valence-corrected chi connectivity index (χ3v) is 3.64. The number of hydrogen-bond acceptors (Lipinski definition) is 6. The van der Waals surface area contributed by atoms with Gasteiger partial charge in [0.15, 0.2) is 6.23 Å². The molecule has 116 valence electrons. The summed E-state index contributed by atoms with van der Waals surface area (Å²) in [7, 11) is 1.51. The molecule has 2 fully saturated rings. The Bertz CT molecular complexity index is 607. The molecule has 1 aromatic rings. The normalized spacial score (nSPS) is 32.5. The predicted molar refractivity (Wildman–Crippen MR) is 71.0 cm³/mol. The van der Waals surface area contributed by atoms with Crippen LogP contribution in [0.4, 0.5) is 0 Å². The molecule has 2 N–H and O–H groups in total. The maximum absolute atomic E-state index is 11.9. The van der Waals surface area contributed by atoms with E-state index in [1.54, 1.807) is 0 Å². The zero-order valence-electron chi connectivity index (χ0n) is 11.6. The minimum atomic E-state index is -0.894. The summed E-state index contributed by atoms with van der Waals surface area (Å²) in [6.07, 6.45) is 0.382. The van der Waals surface area contributed by atoms with Crippen molar-refractivity contribution >= 4 is 0 Å². The van der Waals surface area contributed by atoms with Crippen molar-refractivity contribution in [1.82, 2.24) is 9.55 Å². The number of hydrogen-bond donors (Lipinski definition) is 2.